The molecule has 6 nitrogen and oxygen atoms in total. The van der Waals surface area contributed by atoms with Crippen molar-refractivity contribution in [2.45, 2.75) is 32.4 Å². The van der Waals surface area contributed by atoms with Crippen molar-refractivity contribution in [3.05, 3.63) is 101 Å². The van der Waals surface area contributed by atoms with Crippen LogP contribution in [0.4, 0.5) is 0 Å². The molecule has 190 valence electrons. The smallest absolute Gasteiger partial charge is 0.199 e. The Morgan fingerprint density at radius 2 is 1.78 bits per heavy atom. The molecule has 0 amide bonds. The molecule has 1 aliphatic heterocycles. The number of H-pyrrole nitrogens is 1. The molecule has 2 aromatic heterocycles. The van der Waals surface area contributed by atoms with Crippen LogP contribution in [0.15, 0.2) is 77.4 Å². The van der Waals surface area contributed by atoms with Crippen molar-refractivity contribution < 1.29 is 9.15 Å². The van der Waals surface area contributed by atoms with Crippen molar-refractivity contribution in [2.24, 2.45) is 0 Å². The van der Waals surface area contributed by atoms with Gasteiger partial charge in [-0.15, -0.1) is 12.4 Å². The van der Waals surface area contributed by atoms with Gasteiger partial charge in [0.25, 0.3) is 0 Å². The second kappa shape index (κ2) is 11.4. The Bertz CT molecular complexity index is 1480. The quantitative estimate of drug-likeness (QED) is 0.231. The second-order valence-electron chi connectivity index (χ2n) is 9.25. The number of nitrogens with zero attached hydrogens (tertiary/aromatic N) is 3. The van der Waals surface area contributed by atoms with Crippen LogP contribution in [0.25, 0.3) is 22.6 Å². The summed E-state index contributed by atoms with van der Waals surface area (Å²) >= 11 is 6.29. The highest BCUT2D eigenvalue weighted by Crippen LogP contribution is 2.28. The monoisotopic (exact) mass is 534 g/mol. The summed E-state index contributed by atoms with van der Waals surface area (Å²) < 4.78 is 11.9. The first-order chi connectivity index (χ1) is 17.7. The third-order valence-electron chi connectivity index (χ3n) is 6.55. The minimum atomic E-state index is 0. The zero-order chi connectivity index (χ0) is 24.3. The molecule has 0 radical (unpaired) electrons. The van der Waals surface area contributed by atoms with E-state index in [9.17, 15) is 0 Å². The van der Waals surface area contributed by atoms with Gasteiger partial charge in [-0.2, -0.15) is 0 Å². The van der Waals surface area contributed by atoms with Crippen LogP contribution in [-0.2, 0) is 19.6 Å². The van der Waals surface area contributed by atoms with Crippen LogP contribution in [0.1, 0.15) is 35.4 Å². The van der Waals surface area contributed by atoms with Gasteiger partial charge in [-0.05, 0) is 67.4 Å². The summed E-state index contributed by atoms with van der Waals surface area (Å²) in [5.74, 6) is 2.04. The molecule has 0 bridgehead atoms. The van der Waals surface area contributed by atoms with Gasteiger partial charge in [-0.25, -0.2) is 9.97 Å². The van der Waals surface area contributed by atoms with E-state index in [1.54, 1.807) is 6.26 Å². The fourth-order valence-corrected chi connectivity index (χ4v) is 4.90. The first-order valence-electron chi connectivity index (χ1n) is 12.3. The number of aromatic nitrogens is 3. The third kappa shape index (κ3) is 5.99. The van der Waals surface area contributed by atoms with Gasteiger partial charge in [0.1, 0.15) is 24.3 Å². The van der Waals surface area contributed by atoms with Gasteiger partial charge in [-0.3, -0.25) is 4.90 Å². The lowest BCUT2D eigenvalue weighted by Gasteiger charge is -2.14. The van der Waals surface area contributed by atoms with Crippen molar-refractivity contribution >= 4 is 35.0 Å². The molecule has 3 aromatic carbocycles. The van der Waals surface area contributed by atoms with Gasteiger partial charge in [0.05, 0.1) is 17.5 Å². The number of aromatic amines is 1. The predicted molar refractivity (Wildman–Crippen MR) is 148 cm³/mol. The summed E-state index contributed by atoms with van der Waals surface area (Å²) in [7, 11) is 0. The first kappa shape index (κ1) is 25.3. The van der Waals surface area contributed by atoms with E-state index < -0.39 is 0 Å². The van der Waals surface area contributed by atoms with Gasteiger partial charge < -0.3 is 14.1 Å². The van der Waals surface area contributed by atoms with Crippen LogP contribution in [0.3, 0.4) is 0 Å². The van der Waals surface area contributed by atoms with Crippen molar-refractivity contribution in [1.82, 2.24) is 19.9 Å². The van der Waals surface area contributed by atoms with E-state index >= 15 is 0 Å². The SMILES string of the molecule is Cl.Clc1ccc(OCc2ccccc2)c(Cc2nc(-c3nc4ccc(CN5CCCC5)cc4[nH]3)co2)c1. The molecule has 0 aliphatic carbocycles. The third-order valence-corrected chi connectivity index (χ3v) is 6.78. The molecule has 1 N–H and O–H groups in total. The van der Waals surface area contributed by atoms with Gasteiger partial charge >= 0.3 is 0 Å². The maximum absolute atomic E-state index is 6.29. The maximum Gasteiger partial charge on any atom is 0.199 e. The minimum absolute atomic E-state index is 0. The number of hydrogen-bond acceptors (Lipinski definition) is 5. The molecule has 0 unspecified atom stereocenters. The number of oxazole rings is 1. The lowest BCUT2D eigenvalue weighted by Crippen LogP contribution is -2.18. The number of ether oxygens (including phenoxy) is 1. The number of benzene rings is 3. The first-order valence-corrected chi connectivity index (χ1v) is 12.7. The molecule has 8 heteroatoms. The van der Waals surface area contributed by atoms with Crippen molar-refractivity contribution in [2.75, 3.05) is 13.1 Å². The summed E-state index contributed by atoms with van der Waals surface area (Å²) in [5.41, 5.74) is 5.93. The van der Waals surface area contributed by atoms with Gasteiger partial charge in [0, 0.05) is 17.1 Å². The molecule has 37 heavy (non-hydrogen) atoms. The fourth-order valence-electron chi connectivity index (χ4n) is 4.70. The average Bonchev–Trinajstić information content (AvgIpc) is 3.65. The van der Waals surface area contributed by atoms with E-state index in [4.69, 9.17) is 30.7 Å². The van der Waals surface area contributed by atoms with Crippen LogP contribution >= 0.6 is 24.0 Å². The molecule has 5 aromatic rings. The number of nitrogens with one attached hydrogen (secondary N) is 1. The topological polar surface area (TPSA) is 67.2 Å². The molecule has 0 spiro atoms. The Morgan fingerprint density at radius 3 is 2.62 bits per heavy atom. The van der Waals surface area contributed by atoms with Crippen LogP contribution in [0.5, 0.6) is 5.75 Å². The van der Waals surface area contributed by atoms with E-state index in [1.165, 1.54) is 31.5 Å². The van der Waals surface area contributed by atoms with Crippen LogP contribution in [0.2, 0.25) is 5.02 Å². The van der Waals surface area contributed by atoms with Crippen molar-refractivity contribution in [3.8, 4) is 17.3 Å². The van der Waals surface area contributed by atoms with Crippen molar-refractivity contribution in [1.29, 1.82) is 0 Å². The number of halogens is 2. The molecule has 1 fully saturated rings. The summed E-state index contributed by atoms with van der Waals surface area (Å²) in [6.45, 7) is 3.82. The number of fused-ring (bicyclic) bond motifs is 1. The summed E-state index contributed by atoms with van der Waals surface area (Å²) in [6.07, 6.45) is 4.69. The summed E-state index contributed by atoms with van der Waals surface area (Å²) in [6, 6.07) is 22.1. The van der Waals surface area contributed by atoms with Crippen LogP contribution < -0.4 is 4.74 Å². The molecule has 0 atom stereocenters. The minimum Gasteiger partial charge on any atom is -0.489 e. The van der Waals surface area contributed by atoms with Crippen LogP contribution in [0, 0.1) is 0 Å². The number of hydrogen-bond donors (Lipinski definition) is 1. The van der Waals surface area contributed by atoms with Crippen molar-refractivity contribution in [3.63, 3.8) is 0 Å². The summed E-state index contributed by atoms with van der Waals surface area (Å²) in [5, 5.41) is 0.644. The molecule has 0 saturated carbocycles. The second-order valence-corrected chi connectivity index (χ2v) is 9.69. The summed E-state index contributed by atoms with van der Waals surface area (Å²) in [4.78, 5) is 15.3. The van der Waals surface area contributed by atoms with E-state index in [2.05, 4.69) is 28.1 Å². The Morgan fingerprint density at radius 1 is 0.946 bits per heavy atom. The average molecular weight is 535 g/mol. The molecule has 3 heterocycles. The Kier molecular flexibility index (Phi) is 7.79. The molecule has 1 saturated heterocycles. The van der Waals surface area contributed by atoms with Gasteiger partial charge in [0.15, 0.2) is 11.7 Å². The van der Waals surface area contributed by atoms with Gasteiger partial charge in [-0.1, -0.05) is 48.0 Å². The maximum atomic E-state index is 6.29. The zero-order valence-corrected chi connectivity index (χ0v) is 21.9. The fraction of sp³-hybridized carbons (Fsp3) is 0.241. The number of imidazole rings is 1. The van der Waals surface area contributed by atoms with E-state index in [0.717, 1.165) is 34.5 Å². The highest BCUT2D eigenvalue weighted by molar-refractivity contribution is 6.30. The normalized spacial score (nSPS) is 13.6. The van der Waals surface area contributed by atoms with Gasteiger partial charge in [0.2, 0.25) is 0 Å². The lowest BCUT2D eigenvalue weighted by molar-refractivity contribution is 0.302. The standard InChI is InChI=1S/C29H27ClN4O2.ClH/c30-23-9-11-27(35-18-20-6-2-1-3-7-20)22(15-23)16-28-31-26(19-36-28)29-32-24-10-8-21(14-25(24)33-29)17-34-12-4-5-13-34;/h1-3,6-11,14-15,19H,4-5,12-13,16-18H2,(H,32,33);1H. The van der Waals surface area contributed by atoms with E-state index in [1.807, 2.05) is 48.5 Å². The molecule has 6 rings (SSSR count). The largest absolute Gasteiger partial charge is 0.489 e. The molecular formula is C29H28Cl2N4O2. The molecular weight excluding hydrogens is 507 g/mol. The highest BCUT2D eigenvalue weighted by Gasteiger charge is 2.16. The number of likely N-dealkylation sites (tertiary alicyclic amines) is 1. The Labute approximate surface area is 227 Å². The lowest BCUT2D eigenvalue weighted by atomic mass is 10.1. The Hall–Kier alpha value is -3.32. The number of rotatable bonds is 8. The Balaban J connectivity index is 0.00000280. The van der Waals surface area contributed by atoms with E-state index in [-0.39, 0.29) is 12.4 Å². The molecule has 1 aliphatic rings. The van der Waals surface area contributed by atoms with Crippen LogP contribution in [-0.4, -0.2) is 32.9 Å². The zero-order valence-electron chi connectivity index (χ0n) is 20.3. The highest BCUT2D eigenvalue weighted by atomic mass is 35.5. The van der Waals surface area contributed by atoms with E-state index in [0.29, 0.717) is 35.5 Å². The predicted octanol–water partition coefficient (Wildman–Crippen LogP) is 7.06.